The minimum atomic E-state index is -0.504. The summed E-state index contributed by atoms with van der Waals surface area (Å²) in [7, 11) is 0. The second-order valence-corrected chi connectivity index (χ2v) is 9.36. The molecule has 4 unspecified atom stereocenters. The first kappa shape index (κ1) is 21.5. The van der Waals surface area contributed by atoms with Crippen LogP contribution in [0.4, 0.5) is 10.1 Å². The van der Waals surface area contributed by atoms with Gasteiger partial charge in [0, 0.05) is 22.2 Å². The van der Waals surface area contributed by atoms with Gasteiger partial charge in [-0.05, 0) is 43.4 Å². The van der Waals surface area contributed by atoms with Crippen molar-refractivity contribution in [2.45, 2.75) is 19.9 Å². The Morgan fingerprint density at radius 1 is 1.06 bits per heavy atom. The van der Waals surface area contributed by atoms with Crippen LogP contribution in [0.2, 0.25) is 0 Å². The van der Waals surface area contributed by atoms with Crippen LogP contribution >= 0.6 is 0 Å². The van der Waals surface area contributed by atoms with Gasteiger partial charge in [-0.25, -0.2) is 4.39 Å². The van der Waals surface area contributed by atoms with Crippen LogP contribution in [-0.2, 0) is 20.9 Å². The van der Waals surface area contributed by atoms with Gasteiger partial charge in [0.2, 0.25) is 5.91 Å². The highest BCUT2D eigenvalue weighted by Crippen LogP contribution is 2.52. The van der Waals surface area contributed by atoms with Gasteiger partial charge in [-0.2, -0.15) is 10.1 Å². The molecule has 2 heterocycles. The number of carbonyl (C=O) groups excluding carboxylic acids is 3. The van der Waals surface area contributed by atoms with Gasteiger partial charge in [-0.3, -0.25) is 14.4 Å². The van der Waals surface area contributed by atoms with Crippen LogP contribution < -0.4 is 5.32 Å². The zero-order valence-electron chi connectivity index (χ0n) is 19.0. The molecule has 3 aromatic rings. The number of rotatable bonds is 5. The molecule has 0 radical (unpaired) electrons. The third kappa shape index (κ3) is 3.31. The second kappa shape index (κ2) is 8.01. The number of allylic oxidation sites excluding steroid dienone is 2. The van der Waals surface area contributed by atoms with Crippen molar-refractivity contribution in [1.82, 2.24) is 9.58 Å². The van der Waals surface area contributed by atoms with E-state index in [2.05, 4.69) is 10.4 Å². The van der Waals surface area contributed by atoms with Crippen molar-refractivity contribution in [3.8, 4) is 0 Å². The lowest BCUT2D eigenvalue weighted by molar-refractivity contribution is -0.140. The normalized spacial score (nSPS) is 24.8. The summed E-state index contributed by atoms with van der Waals surface area (Å²) in [6.07, 6.45) is 6.50. The van der Waals surface area contributed by atoms with E-state index in [1.807, 2.05) is 47.9 Å². The third-order valence-electron chi connectivity index (χ3n) is 7.48. The topological polar surface area (TPSA) is 83.8 Å². The van der Waals surface area contributed by atoms with Gasteiger partial charge in [0.25, 0.3) is 11.8 Å². The van der Waals surface area contributed by atoms with Crippen LogP contribution in [0, 0.1) is 36.4 Å². The average molecular weight is 471 g/mol. The molecule has 3 aliphatic rings. The van der Waals surface area contributed by atoms with Gasteiger partial charge in [-0.15, -0.1) is 0 Å². The lowest BCUT2D eigenvalue weighted by Crippen LogP contribution is -2.28. The summed E-state index contributed by atoms with van der Waals surface area (Å²) >= 11 is 0. The van der Waals surface area contributed by atoms with Crippen LogP contribution in [0.25, 0.3) is 10.9 Å². The van der Waals surface area contributed by atoms with E-state index in [1.54, 1.807) is 12.1 Å². The van der Waals surface area contributed by atoms with Crippen molar-refractivity contribution < 1.29 is 18.8 Å². The van der Waals surface area contributed by atoms with Crippen molar-refractivity contribution in [3.05, 3.63) is 77.8 Å². The first-order chi connectivity index (χ1) is 16.9. The smallest absolute Gasteiger partial charge is 0.254 e. The molecular weight excluding hydrogens is 447 g/mol. The number of benzene rings is 2. The molecule has 8 heteroatoms. The van der Waals surface area contributed by atoms with Gasteiger partial charge >= 0.3 is 0 Å². The van der Waals surface area contributed by atoms with Gasteiger partial charge in [0.1, 0.15) is 12.4 Å². The number of nitrogens with zero attached hydrogens (tertiary/aromatic N) is 3. The summed E-state index contributed by atoms with van der Waals surface area (Å²) in [5.41, 5.74) is 2.39. The predicted molar refractivity (Wildman–Crippen MR) is 129 cm³/mol. The van der Waals surface area contributed by atoms with E-state index in [1.165, 1.54) is 18.3 Å². The van der Waals surface area contributed by atoms with Crippen molar-refractivity contribution in [2.75, 3.05) is 5.32 Å². The number of amides is 3. The van der Waals surface area contributed by atoms with Crippen molar-refractivity contribution >= 4 is 40.5 Å². The summed E-state index contributed by atoms with van der Waals surface area (Å²) in [5, 5.41) is 8.82. The summed E-state index contributed by atoms with van der Waals surface area (Å²) in [4.78, 5) is 38.7. The van der Waals surface area contributed by atoms with Crippen LogP contribution in [0.3, 0.4) is 0 Å². The maximum atomic E-state index is 14.0. The predicted octanol–water partition coefficient (Wildman–Crippen LogP) is 3.87. The number of imide groups is 1. The third-order valence-corrected chi connectivity index (χ3v) is 7.48. The molecule has 1 N–H and O–H groups in total. The molecule has 1 aromatic heterocycles. The molecule has 2 aromatic carbocycles. The summed E-state index contributed by atoms with van der Waals surface area (Å²) in [6.45, 7) is 1.82. The zero-order valence-corrected chi connectivity index (χ0v) is 19.0. The number of hydrazone groups is 1. The lowest BCUT2D eigenvalue weighted by Gasteiger charge is -2.13. The quantitative estimate of drug-likeness (QED) is 0.349. The van der Waals surface area contributed by atoms with Crippen LogP contribution in [0.1, 0.15) is 17.7 Å². The molecule has 4 atom stereocenters. The number of anilines is 1. The fourth-order valence-corrected chi connectivity index (χ4v) is 5.84. The molecule has 1 saturated heterocycles. The summed E-state index contributed by atoms with van der Waals surface area (Å²) in [6, 6.07) is 13.5. The fraction of sp³-hybridized carbons (Fsp3) is 0.259. The molecule has 7 nitrogen and oxygen atoms in total. The second-order valence-electron chi connectivity index (χ2n) is 9.36. The first-order valence-corrected chi connectivity index (χ1v) is 11.7. The Morgan fingerprint density at radius 2 is 1.71 bits per heavy atom. The van der Waals surface area contributed by atoms with Gasteiger partial charge < -0.3 is 9.88 Å². The summed E-state index contributed by atoms with van der Waals surface area (Å²) < 4.78 is 15.8. The Balaban J connectivity index is 1.29. The minimum absolute atomic E-state index is 0.0325. The molecule has 176 valence electrons. The molecule has 6 rings (SSSR count). The number of aromatic nitrogens is 1. The molecule has 1 aliphatic heterocycles. The maximum Gasteiger partial charge on any atom is 0.254 e. The van der Waals surface area contributed by atoms with E-state index in [9.17, 15) is 18.8 Å². The first-order valence-electron chi connectivity index (χ1n) is 11.7. The molecule has 2 aliphatic carbocycles. The van der Waals surface area contributed by atoms with Gasteiger partial charge in [0.05, 0.1) is 23.7 Å². The minimum Gasteiger partial charge on any atom is -0.335 e. The monoisotopic (exact) mass is 470 g/mol. The molecule has 1 saturated carbocycles. The number of nitrogens with one attached hydrogen (secondary N) is 1. The Morgan fingerprint density at radius 3 is 2.43 bits per heavy atom. The Kier molecular flexibility index (Phi) is 4.91. The van der Waals surface area contributed by atoms with Crippen LogP contribution in [0.15, 0.2) is 65.8 Å². The van der Waals surface area contributed by atoms with Crippen molar-refractivity contribution in [1.29, 1.82) is 0 Å². The lowest BCUT2D eigenvalue weighted by atomic mass is 9.85. The molecule has 3 amide bonds. The average Bonchev–Trinajstić information content (AvgIpc) is 3.59. The summed E-state index contributed by atoms with van der Waals surface area (Å²) in [5.74, 6) is -1.72. The van der Waals surface area contributed by atoms with E-state index in [0.717, 1.165) is 33.6 Å². The number of para-hydroxylation sites is 2. The van der Waals surface area contributed by atoms with Crippen molar-refractivity contribution in [2.24, 2.45) is 28.8 Å². The Labute approximate surface area is 200 Å². The standard InChI is InChI=1S/C27H23FN4O3/c1-15-19(13-29-32-26(34)24-16-10-11-17(12-16)25(24)27(32)35)18-6-2-5-9-22(18)31(15)14-23(33)30-21-8-4-3-7-20(21)28/h2-11,13,16-17,24-25H,12,14H2,1H3,(H,30,33). The van der Waals surface area contributed by atoms with Gasteiger partial charge in [0.15, 0.2) is 0 Å². The highest BCUT2D eigenvalue weighted by Gasteiger charge is 2.59. The highest BCUT2D eigenvalue weighted by atomic mass is 19.1. The molecule has 35 heavy (non-hydrogen) atoms. The maximum absolute atomic E-state index is 14.0. The Hall–Kier alpha value is -4.07. The van der Waals surface area contributed by atoms with Crippen molar-refractivity contribution in [3.63, 3.8) is 0 Å². The highest BCUT2D eigenvalue weighted by molar-refractivity contribution is 6.08. The van der Waals surface area contributed by atoms with E-state index in [-0.39, 0.29) is 53.6 Å². The molecule has 2 fully saturated rings. The largest absolute Gasteiger partial charge is 0.335 e. The fourth-order valence-electron chi connectivity index (χ4n) is 5.84. The van der Waals surface area contributed by atoms with E-state index >= 15 is 0 Å². The molecule has 0 spiro atoms. The molecule has 2 bridgehead atoms. The van der Waals surface area contributed by atoms with Crippen LogP contribution in [-0.4, -0.2) is 33.5 Å². The Bertz CT molecular complexity index is 1430. The van der Waals surface area contributed by atoms with Crippen LogP contribution in [0.5, 0.6) is 0 Å². The number of halogens is 1. The zero-order chi connectivity index (χ0) is 24.3. The number of hydrogen-bond acceptors (Lipinski definition) is 4. The number of fused-ring (bicyclic) bond motifs is 6. The number of carbonyl (C=O) groups is 3. The van der Waals surface area contributed by atoms with E-state index in [0.29, 0.717) is 0 Å². The molecular formula is C27H23FN4O3. The van der Waals surface area contributed by atoms with E-state index < -0.39 is 5.82 Å². The van der Waals surface area contributed by atoms with Gasteiger partial charge in [-0.1, -0.05) is 42.5 Å². The SMILES string of the molecule is Cc1c(C=NN2C(=O)C3C4C=CC(C4)C3C2=O)c2ccccc2n1CC(=O)Nc1ccccc1F. The van der Waals surface area contributed by atoms with E-state index in [4.69, 9.17) is 0 Å². The number of hydrogen-bond donors (Lipinski definition) is 1.